The SMILES string of the molecule is CCCNC(C)Cc1ccc(OCC(C)CO)cc1. The van der Waals surface area contributed by atoms with Crippen LogP contribution in [0.25, 0.3) is 0 Å². The smallest absolute Gasteiger partial charge is 0.119 e. The number of nitrogens with one attached hydrogen (secondary N) is 1. The molecule has 0 spiro atoms. The highest BCUT2D eigenvalue weighted by molar-refractivity contribution is 5.27. The van der Waals surface area contributed by atoms with Crippen molar-refractivity contribution in [2.45, 2.75) is 39.7 Å². The monoisotopic (exact) mass is 265 g/mol. The second kappa shape index (κ2) is 8.94. The fourth-order valence-corrected chi connectivity index (χ4v) is 1.83. The van der Waals surface area contributed by atoms with Crippen LogP contribution in [0, 0.1) is 5.92 Å². The lowest BCUT2D eigenvalue weighted by Gasteiger charge is -2.14. The Bertz CT molecular complexity index is 337. The molecule has 0 radical (unpaired) electrons. The van der Waals surface area contributed by atoms with Crippen LogP contribution in [-0.4, -0.2) is 30.9 Å². The number of rotatable bonds is 9. The summed E-state index contributed by atoms with van der Waals surface area (Å²) >= 11 is 0. The maximum atomic E-state index is 8.94. The van der Waals surface area contributed by atoms with Crippen LogP contribution in [0.15, 0.2) is 24.3 Å². The minimum Gasteiger partial charge on any atom is -0.493 e. The molecule has 0 heterocycles. The molecule has 1 rings (SSSR count). The molecule has 0 bridgehead atoms. The molecule has 0 aromatic heterocycles. The highest BCUT2D eigenvalue weighted by Gasteiger charge is 2.04. The third kappa shape index (κ3) is 6.60. The van der Waals surface area contributed by atoms with E-state index >= 15 is 0 Å². The molecule has 0 fully saturated rings. The maximum Gasteiger partial charge on any atom is 0.119 e. The topological polar surface area (TPSA) is 41.5 Å². The van der Waals surface area contributed by atoms with Gasteiger partial charge in [-0.15, -0.1) is 0 Å². The van der Waals surface area contributed by atoms with Gasteiger partial charge in [-0.3, -0.25) is 0 Å². The van der Waals surface area contributed by atoms with Gasteiger partial charge in [0.15, 0.2) is 0 Å². The van der Waals surface area contributed by atoms with E-state index in [0.29, 0.717) is 12.6 Å². The van der Waals surface area contributed by atoms with Crippen molar-refractivity contribution in [1.29, 1.82) is 0 Å². The van der Waals surface area contributed by atoms with Crippen molar-refractivity contribution >= 4 is 0 Å². The Morgan fingerprint density at radius 1 is 1.21 bits per heavy atom. The summed E-state index contributed by atoms with van der Waals surface area (Å²) in [4.78, 5) is 0. The zero-order chi connectivity index (χ0) is 14.1. The van der Waals surface area contributed by atoms with E-state index in [1.165, 1.54) is 12.0 Å². The van der Waals surface area contributed by atoms with Crippen molar-refractivity contribution in [3.8, 4) is 5.75 Å². The molecule has 0 saturated carbocycles. The van der Waals surface area contributed by atoms with Gasteiger partial charge in [0, 0.05) is 18.6 Å². The van der Waals surface area contributed by atoms with E-state index in [4.69, 9.17) is 9.84 Å². The summed E-state index contributed by atoms with van der Waals surface area (Å²) in [7, 11) is 0. The molecule has 108 valence electrons. The summed E-state index contributed by atoms with van der Waals surface area (Å²) in [6, 6.07) is 8.74. The van der Waals surface area contributed by atoms with Crippen LogP contribution in [0.4, 0.5) is 0 Å². The number of hydrogen-bond donors (Lipinski definition) is 2. The average Bonchev–Trinajstić information content (AvgIpc) is 2.44. The summed E-state index contributed by atoms with van der Waals surface area (Å²) in [6.07, 6.45) is 2.20. The van der Waals surface area contributed by atoms with E-state index in [1.807, 2.05) is 19.1 Å². The molecule has 3 heteroatoms. The van der Waals surface area contributed by atoms with Gasteiger partial charge in [-0.1, -0.05) is 26.0 Å². The van der Waals surface area contributed by atoms with Crippen molar-refractivity contribution in [3.63, 3.8) is 0 Å². The third-order valence-electron chi connectivity index (χ3n) is 3.05. The van der Waals surface area contributed by atoms with E-state index in [1.54, 1.807) is 0 Å². The molecule has 1 aromatic carbocycles. The second-order valence-corrected chi connectivity index (χ2v) is 5.30. The summed E-state index contributed by atoms with van der Waals surface area (Å²) < 4.78 is 5.61. The lowest BCUT2D eigenvalue weighted by Crippen LogP contribution is -2.28. The molecule has 0 aliphatic heterocycles. The fourth-order valence-electron chi connectivity index (χ4n) is 1.83. The van der Waals surface area contributed by atoms with Gasteiger partial charge in [-0.05, 0) is 44.0 Å². The number of aliphatic hydroxyl groups is 1. The quantitative estimate of drug-likeness (QED) is 0.721. The molecule has 1 aromatic rings. The van der Waals surface area contributed by atoms with Crippen LogP contribution in [0.5, 0.6) is 5.75 Å². The minimum absolute atomic E-state index is 0.165. The Hall–Kier alpha value is -1.06. The Labute approximate surface area is 117 Å². The van der Waals surface area contributed by atoms with E-state index in [2.05, 4.69) is 31.3 Å². The summed E-state index contributed by atoms with van der Waals surface area (Å²) in [5.74, 6) is 1.05. The van der Waals surface area contributed by atoms with Crippen molar-refractivity contribution in [2.24, 2.45) is 5.92 Å². The third-order valence-corrected chi connectivity index (χ3v) is 3.05. The number of benzene rings is 1. The molecule has 2 atom stereocenters. The van der Waals surface area contributed by atoms with Crippen molar-refractivity contribution < 1.29 is 9.84 Å². The summed E-state index contributed by atoms with van der Waals surface area (Å²) in [5, 5.41) is 12.4. The van der Waals surface area contributed by atoms with E-state index in [0.717, 1.165) is 18.7 Å². The van der Waals surface area contributed by atoms with Crippen molar-refractivity contribution in [1.82, 2.24) is 5.32 Å². The van der Waals surface area contributed by atoms with Crippen LogP contribution >= 0.6 is 0 Å². The van der Waals surface area contributed by atoms with Gasteiger partial charge in [0.1, 0.15) is 5.75 Å². The van der Waals surface area contributed by atoms with Crippen LogP contribution in [-0.2, 0) is 6.42 Å². The zero-order valence-electron chi connectivity index (χ0n) is 12.4. The van der Waals surface area contributed by atoms with Gasteiger partial charge in [0.25, 0.3) is 0 Å². The van der Waals surface area contributed by atoms with E-state index in [9.17, 15) is 0 Å². The summed E-state index contributed by atoms with van der Waals surface area (Å²) in [6.45, 7) is 8.15. The molecular formula is C16H27NO2. The molecular weight excluding hydrogens is 238 g/mol. The molecule has 3 nitrogen and oxygen atoms in total. The number of aliphatic hydroxyl groups excluding tert-OH is 1. The lowest BCUT2D eigenvalue weighted by molar-refractivity contribution is 0.174. The van der Waals surface area contributed by atoms with Crippen molar-refractivity contribution in [2.75, 3.05) is 19.8 Å². The summed E-state index contributed by atoms with van der Waals surface area (Å²) in [5.41, 5.74) is 1.32. The minimum atomic E-state index is 0.165. The standard InChI is InChI=1S/C16H27NO2/c1-4-9-17-14(3)10-15-5-7-16(8-6-15)19-12-13(2)11-18/h5-8,13-14,17-18H,4,9-12H2,1-3H3. The largest absolute Gasteiger partial charge is 0.493 e. The zero-order valence-corrected chi connectivity index (χ0v) is 12.4. The van der Waals surface area contributed by atoms with Crippen LogP contribution < -0.4 is 10.1 Å². The highest BCUT2D eigenvalue weighted by atomic mass is 16.5. The molecule has 0 saturated heterocycles. The van der Waals surface area contributed by atoms with Crippen LogP contribution in [0.3, 0.4) is 0 Å². The van der Waals surface area contributed by atoms with Gasteiger partial charge in [0.05, 0.1) is 6.61 Å². The van der Waals surface area contributed by atoms with Crippen LogP contribution in [0.1, 0.15) is 32.8 Å². The Morgan fingerprint density at radius 3 is 2.47 bits per heavy atom. The lowest BCUT2D eigenvalue weighted by atomic mass is 10.1. The first kappa shape index (κ1) is 16.0. The molecule has 0 amide bonds. The first-order valence-corrected chi connectivity index (χ1v) is 7.21. The molecule has 2 unspecified atom stereocenters. The van der Waals surface area contributed by atoms with Crippen LogP contribution in [0.2, 0.25) is 0 Å². The predicted octanol–water partition coefficient (Wildman–Crippen LogP) is 2.62. The second-order valence-electron chi connectivity index (χ2n) is 5.30. The Kier molecular flexibility index (Phi) is 7.53. The molecule has 0 aliphatic carbocycles. The maximum absolute atomic E-state index is 8.94. The predicted molar refractivity (Wildman–Crippen MR) is 79.6 cm³/mol. The Balaban J connectivity index is 2.38. The Morgan fingerprint density at radius 2 is 1.89 bits per heavy atom. The molecule has 19 heavy (non-hydrogen) atoms. The average molecular weight is 265 g/mol. The van der Waals surface area contributed by atoms with E-state index in [-0.39, 0.29) is 12.5 Å². The highest BCUT2D eigenvalue weighted by Crippen LogP contribution is 2.14. The van der Waals surface area contributed by atoms with Gasteiger partial charge in [-0.25, -0.2) is 0 Å². The van der Waals surface area contributed by atoms with Gasteiger partial charge >= 0.3 is 0 Å². The van der Waals surface area contributed by atoms with Gasteiger partial charge in [0.2, 0.25) is 0 Å². The molecule has 2 N–H and O–H groups in total. The first-order valence-electron chi connectivity index (χ1n) is 7.21. The molecule has 0 aliphatic rings. The van der Waals surface area contributed by atoms with Crippen molar-refractivity contribution in [3.05, 3.63) is 29.8 Å². The van der Waals surface area contributed by atoms with Gasteiger partial charge in [-0.2, -0.15) is 0 Å². The van der Waals surface area contributed by atoms with Gasteiger partial charge < -0.3 is 15.2 Å². The normalized spacial score (nSPS) is 14.1. The number of hydrogen-bond acceptors (Lipinski definition) is 3. The van der Waals surface area contributed by atoms with E-state index < -0.39 is 0 Å². The fraction of sp³-hybridized carbons (Fsp3) is 0.625. The first-order chi connectivity index (χ1) is 9.15. The number of ether oxygens (including phenoxy) is 1.